The molecular weight excluding hydrogens is 172 g/mol. The van der Waals surface area contributed by atoms with E-state index in [1.165, 1.54) is 12.8 Å². The van der Waals surface area contributed by atoms with Gasteiger partial charge in [-0.25, -0.2) is 0 Å². The Labute approximate surface area is 86.4 Å². The summed E-state index contributed by atoms with van der Waals surface area (Å²) in [5.74, 6) is 0.779. The van der Waals surface area contributed by atoms with Crippen molar-refractivity contribution in [3.05, 3.63) is 42.5 Å². The molecule has 0 saturated heterocycles. The van der Waals surface area contributed by atoms with Gasteiger partial charge in [-0.2, -0.15) is 0 Å². The van der Waals surface area contributed by atoms with Crippen molar-refractivity contribution in [2.75, 3.05) is 6.61 Å². The molecule has 0 fully saturated rings. The molecule has 0 N–H and O–H groups in total. The van der Waals surface area contributed by atoms with E-state index in [0.29, 0.717) is 0 Å². The maximum Gasteiger partial charge on any atom is 0.119 e. The van der Waals surface area contributed by atoms with Crippen LogP contribution in [0.15, 0.2) is 36.9 Å². The third-order valence-electron chi connectivity index (χ3n) is 2.12. The van der Waals surface area contributed by atoms with E-state index in [1.807, 2.05) is 30.3 Å². The second kappa shape index (κ2) is 6.25. The highest BCUT2D eigenvalue weighted by Crippen LogP contribution is 2.13. The predicted molar refractivity (Wildman–Crippen MR) is 61.0 cm³/mol. The molecule has 76 valence electrons. The van der Waals surface area contributed by atoms with Crippen molar-refractivity contribution in [2.45, 2.75) is 26.2 Å². The summed E-state index contributed by atoms with van der Waals surface area (Å²) in [5.41, 5.74) is 1.07. The van der Waals surface area contributed by atoms with Gasteiger partial charge in [0.1, 0.15) is 5.76 Å². The summed E-state index contributed by atoms with van der Waals surface area (Å²) in [7, 11) is 0. The van der Waals surface area contributed by atoms with Crippen molar-refractivity contribution in [1.82, 2.24) is 0 Å². The van der Waals surface area contributed by atoms with Crippen LogP contribution in [0.25, 0.3) is 5.76 Å². The second-order valence-corrected chi connectivity index (χ2v) is 3.34. The van der Waals surface area contributed by atoms with Crippen molar-refractivity contribution in [3.63, 3.8) is 0 Å². The molecule has 0 aromatic heterocycles. The number of hydrogen-bond acceptors (Lipinski definition) is 1. The zero-order valence-corrected chi connectivity index (χ0v) is 8.83. The molecule has 1 rings (SSSR count). The lowest BCUT2D eigenvalue weighted by molar-refractivity contribution is 0.268. The first kappa shape index (κ1) is 10.8. The highest BCUT2D eigenvalue weighted by Gasteiger charge is 1.97. The quantitative estimate of drug-likeness (QED) is 0.489. The maximum absolute atomic E-state index is 5.54. The Bertz CT molecular complexity index is 264. The van der Waals surface area contributed by atoms with E-state index in [9.17, 15) is 0 Å². The van der Waals surface area contributed by atoms with Gasteiger partial charge in [-0.1, -0.05) is 56.7 Å². The molecule has 1 aromatic carbocycles. The van der Waals surface area contributed by atoms with Crippen molar-refractivity contribution in [2.24, 2.45) is 0 Å². The first-order valence-corrected chi connectivity index (χ1v) is 5.21. The summed E-state index contributed by atoms with van der Waals surface area (Å²) >= 11 is 0. The molecule has 0 atom stereocenters. The van der Waals surface area contributed by atoms with E-state index in [1.54, 1.807) is 0 Å². The van der Waals surface area contributed by atoms with Crippen molar-refractivity contribution in [1.29, 1.82) is 0 Å². The van der Waals surface area contributed by atoms with Crippen LogP contribution >= 0.6 is 0 Å². The van der Waals surface area contributed by atoms with Crippen molar-refractivity contribution >= 4 is 5.76 Å². The molecule has 1 heteroatoms. The smallest absolute Gasteiger partial charge is 0.119 e. The van der Waals surface area contributed by atoms with Gasteiger partial charge in [0, 0.05) is 5.56 Å². The summed E-state index contributed by atoms with van der Waals surface area (Å²) in [6.07, 6.45) is 3.56. The molecule has 1 aromatic rings. The standard InChI is InChI=1S/C13H18O/c1-3-4-8-11-14-12(2)13-9-6-5-7-10-13/h5-7,9-10H,2-4,8,11H2,1H3. The predicted octanol–water partition coefficient (Wildman–Crippen LogP) is 3.86. The average Bonchev–Trinajstić information content (AvgIpc) is 2.25. The van der Waals surface area contributed by atoms with Gasteiger partial charge >= 0.3 is 0 Å². The largest absolute Gasteiger partial charge is 0.494 e. The number of benzene rings is 1. The molecule has 0 aliphatic carbocycles. The summed E-state index contributed by atoms with van der Waals surface area (Å²) in [5, 5.41) is 0. The number of hydrogen-bond donors (Lipinski definition) is 0. The third-order valence-corrected chi connectivity index (χ3v) is 2.12. The molecule has 0 aliphatic heterocycles. The van der Waals surface area contributed by atoms with Crippen LogP contribution in [0.4, 0.5) is 0 Å². The van der Waals surface area contributed by atoms with Crippen LogP contribution in [0.1, 0.15) is 31.7 Å². The topological polar surface area (TPSA) is 9.23 Å². The highest BCUT2D eigenvalue weighted by atomic mass is 16.5. The summed E-state index contributed by atoms with van der Waals surface area (Å²) in [6.45, 7) is 6.87. The molecule has 0 heterocycles. The fourth-order valence-electron chi connectivity index (χ4n) is 1.25. The van der Waals surface area contributed by atoms with E-state index in [-0.39, 0.29) is 0 Å². The van der Waals surface area contributed by atoms with Crippen LogP contribution < -0.4 is 0 Å². The molecule has 0 bridgehead atoms. The minimum atomic E-state index is 0.779. The number of rotatable bonds is 6. The summed E-state index contributed by atoms with van der Waals surface area (Å²) in [6, 6.07) is 10.0. The van der Waals surface area contributed by atoms with Gasteiger partial charge in [0.15, 0.2) is 0 Å². The van der Waals surface area contributed by atoms with Crippen LogP contribution in [-0.4, -0.2) is 6.61 Å². The van der Waals surface area contributed by atoms with Gasteiger partial charge in [0.05, 0.1) is 6.61 Å². The molecule has 0 saturated carbocycles. The maximum atomic E-state index is 5.54. The van der Waals surface area contributed by atoms with E-state index in [0.717, 1.165) is 24.4 Å². The van der Waals surface area contributed by atoms with Crippen LogP contribution in [-0.2, 0) is 4.74 Å². The molecule has 0 amide bonds. The Balaban J connectivity index is 2.29. The van der Waals surface area contributed by atoms with E-state index >= 15 is 0 Å². The first-order chi connectivity index (χ1) is 6.84. The van der Waals surface area contributed by atoms with Gasteiger partial charge in [-0.3, -0.25) is 0 Å². The zero-order chi connectivity index (χ0) is 10.2. The Morgan fingerprint density at radius 2 is 1.93 bits per heavy atom. The van der Waals surface area contributed by atoms with E-state index in [2.05, 4.69) is 13.5 Å². The van der Waals surface area contributed by atoms with Gasteiger partial charge in [-0.15, -0.1) is 0 Å². The lowest BCUT2D eigenvalue weighted by Crippen LogP contribution is -1.93. The van der Waals surface area contributed by atoms with Crippen LogP contribution in [0.2, 0.25) is 0 Å². The number of ether oxygens (including phenoxy) is 1. The first-order valence-electron chi connectivity index (χ1n) is 5.21. The summed E-state index contributed by atoms with van der Waals surface area (Å²) in [4.78, 5) is 0. The molecule has 14 heavy (non-hydrogen) atoms. The number of unbranched alkanes of at least 4 members (excludes halogenated alkanes) is 2. The highest BCUT2D eigenvalue weighted by molar-refractivity contribution is 5.56. The van der Waals surface area contributed by atoms with Gasteiger partial charge in [0.2, 0.25) is 0 Å². The third kappa shape index (κ3) is 3.65. The molecule has 0 radical (unpaired) electrons. The monoisotopic (exact) mass is 190 g/mol. The minimum absolute atomic E-state index is 0.779. The van der Waals surface area contributed by atoms with Crippen LogP contribution in [0.5, 0.6) is 0 Å². The molecular formula is C13H18O. The minimum Gasteiger partial charge on any atom is -0.494 e. The van der Waals surface area contributed by atoms with Crippen molar-refractivity contribution < 1.29 is 4.74 Å². The van der Waals surface area contributed by atoms with Crippen LogP contribution in [0.3, 0.4) is 0 Å². The Morgan fingerprint density at radius 1 is 1.21 bits per heavy atom. The lowest BCUT2D eigenvalue weighted by Gasteiger charge is -2.08. The Kier molecular flexibility index (Phi) is 4.84. The zero-order valence-electron chi connectivity index (χ0n) is 8.83. The fraction of sp³-hybridized carbons (Fsp3) is 0.385. The summed E-state index contributed by atoms with van der Waals surface area (Å²) < 4.78 is 5.54. The molecule has 0 unspecified atom stereocenters. The lowest BCUT2D eigenvalue weighted by atomic mass is 10.2. The van der Waals surface area contributed by atoms with Gasteiger partial charge < -0.3 is 4.74 Å². The second-order valence-electron chi connectivity index (χ2n) is 3.34. The van der Waals surface area contributed by atoms with Crippen LogP contribution in [0, 0.1) is 0 Å². The van der Waals surface area contributed by atoms with Crippen molar-refractivity contribution in [3.8, 4) is 0 Å². The average molecular weight is 190 g/mol. The van der Waals surface area contributed by atoms with Gasteiger partial charge in [-0.05, 0) is 6.42 Å². The van der Waals surface area contributed by atoms with Gasteiger partial charge in [0.25, 0.3) is 0 Å². The Hall–Kier alpha value is -1.24. The molecule has 1 nitrogen and oxygen atoms in total. The fourth-order valence-corrected chi connectivity index (χ4v) is 1.25. The normalized spacial score (nSPS) is 9.79. The molecule has 0 spiro atoms. The molecule has 0 aliphatic rings. The SMILES string of the molecule is C=C(OCCCCC)c1ccccc1. The Morgan fingerprint density at radius 3 is 2.57 bits per heavy atom. The van der Waals surface area contributed by atoms with E-state index < -0.39 is 0 Å². The van der Waals surface area contributed by atoms with E-state index in [4.69, 9.17) is 4.74 Å².